The lowest BCUT2D eigenvalue weighted by Gasteiger charge is -2.17. The zero-order chi connectivity index (χ0) is 12.8. The van der Waals surface area contributed by atoms with Gasteiger partial charge < -0.3 is 5.73 Å². The molecule has 0 aliphatic heterocycles. The maximum atomic E-state index is 5.84. The summed E-state index contributed by atoms with van der Waals surface area (Å²) < 4.78 is 0. The Kier molecular flexibility index (Phi) is 4.30. The highest BCUT2D eigenvalue weighted by Gasteiger charge is 2.12. The van der Waals surface area contributed by atoms with Crippen molar-refractivity contribution in [3.8, 4) is 11.8 Å². The van der Waals surface area contributed by atoms with Gasteiger partial charge in [-0.05, 0) is 18.6 Å². The van der Waals surface area contributed by atoms with Crippen molar-refractivity contribution in [1.82, 2.24) is 10.3 Å². The first kappa shape index (κ1) is 12.6. The molecule has 0 amide bonds. The van der Waals surface area contributed by atoms with Gasteiger partial charge >= 0.3 is 0 Å². The summed E-state index contributed by atoms with van der Waals surface area (Å²) in [5, 5.41) is 4.48. The van der Waals surface area contributed by atoms with Crippen LogP contribution in [-0.2, 0) is 0 Å². The van der Waals surface area contributed by atoms with Gasteiger partial charge in [-0.1, -0.05) is 30.2 Å². The zero-order valence-corrected chi connectivity index (χ0v) is 10.5. The van der Waals surface area contributed by atoms with Crippen molar-refractivity contribution in [3.63, 3.8) is 0 Å². The van der Waals surface area contributed by atoms with Gasteiger partial charge in [0.05, 0.1) is 12.1 Å². The number of hydrogen-bond donors (Lipinski definition) is 2. The van der Waals surface area contributed by atoms with Crippen LogP contribution in [0.15, 0.2) is 36.5 Å². The van der Waals surface area contributed by atoms with Crippen LogP contribution in [0.3, 0.4) is 0 Å². The molecule has 18 heavy (non-hydrogen) atoms. The van der Waals surface area contributed by atoms with Crippen LogP contribution in [0.2, 0.25) is 0 Å². The Labute approximate surface area is 107 Å². The van der Waals surface area contributed by atoms with E-state index in [1.807, 2.05) is 25.3 Å². The third-order valence-electron chi connectivity index (χ3n) is 2.89. The average molecular weight is 239 g/mol. The van der Waals surface area contributed by atoms with Gasteiger partial charge in [0.15, 0.2) is 0 Å². The Morgan fingerprint density at radius 3 is 2.94 bits per heavy atom. The maximum Gasteiger partial charge on any atom is 0.0750 e. The number of nitrogens with one attached hydrogen (secondary N) is 1. The predicted molar refractivity (Wildman–Crippen MR) is 75.0 cm³/mol. The van der Waals surface area contributed by atoms with Gasteiger partial charge in [0.25, 0.3) is 0 Å². The number of benzene rings is 1. The van der Waals surface area contributed by atoms with Gasteiger partial charge in [-0.2, -0.15) is 0 Å². The van der Waals surface area contributed by atoms with Crippen LogP contribution in [0.5, 0.6) is 0 Å². The second kappa shape index (κ2) is 6.15. The number of nitrogens with two attached hydrogens (primary N) is 1. The van der Waals surface area contributed by atoms with Crippen molar-refractivity contribution in [1.29, 1.82) is 0 Å². The number of para-hydroxylation sites is 1. The monoisotopic (exact) mass is 239 g/mol. The molecule has 1 heterocycles. The summed E-state index contributed by atoms with van der Waals surface area (Å²) in [6.07, 6.45) is 1.81. The molecule has 0 saturated heterocycles. The number of fused-ring (bicyclic) bond motifs is 1. The van der Waals surface area contributed by atoms with E-state index >= 15 is 0 Å². The fraction of sp³-hybridized carbons (Fsp3) is 0.267. The molecule has 1 atom stereocenters. The van der Waals surface area contributed by atoms with E-state index in [9.17, 15) is 0 Å². The summed E-state index contributed by atoms with van der Waals surface area (Å²) in [6, 6.07) is 10.3. The Bertz CT molecular complexity index is 576. The van der Waals surface area contributed by atoms with Gasteiger partial charge in [-0.3, -0.25) is 10.3 Å². The number of nitrogens with zero attached hydrogens (tertiary/aromatic N) is 1. The number of hydrogen-bond acceptors (Lipinski definition) is 3. The van der Waals surface area contributed by atoms with Crippen molar-refractivity contribution in [2.75, 3.05) is 13.1 Å². The van der Waals surface area contributed by atoms with Crippen LogP contribution in [-0.4, -0.2) is 18.1 Å². The van der Waals surface area contributed by atoms with Crippen molar-refractivity contribution < 1.29 is 0 Å². The Hall–Kier alpha value is -1.89. The fourth-order valence-electron chi connectivity index (χ4n) is 1.99. The Balaban J connectivity index is 2.34. The molecule has 92 valence electrons. The fourth-order valence-corrected chi connectivity index (χ4v) is 1.99. The van der Waals surface area contributed by atoms with Crippen molar-refractivity contribution in [2.24, 2.45) is 5.73 Å². The normalized spacial score (nSPS) is 11.9. The van der Waals surface area contributed by atoms with Crippen LogP contribution in [0.4, 0.5) is 0 Å². The van der Waals surface area contributed by atoms with E-state index in [1.165, 1.54) is 0 Å². The lowest BCUT2D eigenvalue weighted by atomic mass is 10.0. The number of aromatic nitrogens is 1. The molecule has 1 aromatic heterocycles. The van der Waals surface area contributed by atoms with Crippen LogP contribution in [0.25, 0.3) is 10.9 Å². The standard InChI is InChI=1S/C15H17N3/c1-2-3-9-17-14(11-16)13-8-4-6-12-7-5-10-18-15(12)13/h4-8,10,14,17H,9,11,16H2,1H3. The highest BCUT2D eigenvalue weighted by molar-refractivity contribution is 5.82. The lowest BCUT2D eigenvalue weighted by molar-refractivity contribution is 0.585. The molecule has 0 aliphatic carbocycles. The summed E-state index contributed by atoms with van der Waals surface area (Å²) in [6.45, 7) is 3.00. The first-order valence-electron chi connectivity index (χ1n) is 6.03. The van der Waals surface area contributed by atoms with Crippen molar-refractivity contribution in [2.45, 2.75) is 13.0 Å². The number of rotatable bonds is 4. The molecule has 0 fully saturated rings. The molecule has 3 heteroatoms. The second-order valence-electron chi connectivity index (χ2n) is 4.02. The first-order valence-corrected chi connectivity index (χ1v) is 6.03. The van der Waals surface area contributed by atoms with E-state index in [4.69, 9.17) is 5.73 Å². The molecule has 0 aliphatic rings. The third kappa shape index (κ3) is 2.67. The molecule has 2 aromatic rings. The van der Waals surface area contributed by atoms with Gasteiger partial charge in [-0.15, -0.1) is 5.92 Å². The quantitative estimate of drug-likeness (QED) is 0.801. The smallest absolute Gasteiger partial charge is 0.0750 e. The van der Waals surface area contributed by atoms with E-state index < -0.39 is 0 Å². The van der Waals surface area contributed by atoms with E-state index in [0.29, 0.717) is 13.1 Å². The SMILES string of the molecule is CC#CCNC(CN)c1cccc2cccnc12. The molecular weight excluding hydrogens is 222 g/mol. The maximum absolute atomic E-state index is 5.84. The first-order chi connectivity index (χ1) is 8.86. The predicted octanol–water partition coefficient (Wildman–Crippen LogP) is 1.85. The van der Waals surface area contributed by atoms with Gasteiger partial charge in [-0.25, -0.2) is 0 Å². The lowest BCUT2D eigenvalue weighted by Crippen LogP contribution is -2.28. The summed E-state index contributed by atoms with van der Waals surface area (Å²) in [4.78, 5) is 4.45. The molecular formula is C15H17N3. The summed E-state index contributed by atoms with van der Waals surface area (Å²) in [5.74, 6) is 5.86. The van der Waals surface area contributed by atoms with E-state index in [-0.39, 0.29) is 6.04 Å². The van der Waals surface area contributed by atoms with Gasteiger partial charge in [0, 0.05) is 24.2 Å². The van der Waals surface area contributed by atoms with Crippen LogP contribution < -0.4 is 11.1 Å². The summed E-state index contributed by atoms with van der Waals surface area (Å²) in [7, 11) is 0. The molecule has 3 N–H and O–H groups in total. The molecule has 0 saturated carbocycles. The zero-order valence-electron chi connectivity index (χ0n) is 10.5. The van der Waals surface area contributed by atoms with E-state index in [2.05, 4.69) is 40.3 Å². The minimum Gasteiger partial charge on any atom is -0.329 e. The molecule has 0 radical (unpaired) electrons. The van der Waals surface area contributed by atoms with Crippen LogP contribution in [0, 0.1) is 11.8 Å². The molecule has 0 spiro atoms. The Morgan fingerprint density at radius 2 is 2.17 bits per heavy atom. The van der Waals surface area contributed by atoms with Gasteiger partial charge in [0.1, 0.15) is 0 Å². The van der Waals surface area contributed by atoms with Crippen LogP contribution in [0.1, 0.15) is 18.5 Å². The second-order valence-corrected chi connectivity index (χ2v) is 4.02. The Morgan fingerprint density at radius 1 is 1.33 bits per heavy atom. The van der Waals surface area contributed by atoms with E-state index in [0.717, 1.165) is 16.5 Å². The topological polar surface area (TPSA) is 50.9 Å². The molecule has 1 unspecified atom stereocenters. The average Bonchev–Trinajstić information content (AvgIpc) is 2.43. The highest BCUT2D eigenvalue weighted by Crippen LogP contribution is 2.21. The van der Waals surface area contributed by atoms with E-state index in [1.54, 1.807) is 0 Å². The summed E-state index contributed by atoms with van der Waals surface area (Å²) >= 11 is 0. The molecule has 1 aromatic carbocycles. The highest BCUT2D eigenvalue weighted by atomic mass is 14.9. The van der Waals surface area contributed by atoms with Crippen molar-refractivity contribution in [3.05, 3.63) is 42.1 Å². The van der Waals surface area contributed by atoms with Crippen LogP contribution >= 0.6 is 0 Å². The molecule has 0 bridgehead atoms. The minimum absolute atomic E-state index is 0.0875. The molecule has 3 nitrogen and oxygen atoms in total. The number of pyridine rings is 1. The third-order valence-corrected chi connectivity index (χ3v) is 2.89. The van der Waals surface area contributed by atoms with Crippen molar-refractivity contribution >= 4 is 10.9 Å². The molecule has 2 rings (SSSR count). The van der Waals surface area contributed by atoms with Gasteiger partial charge in [0.2, 0.25) is 0 Å². The largest absolute Gasteiger partial charge is 0.329 e. The summed E-state index contributed by atoms with van der Waals surface area (Å²) in [5.41, 5.74) is 7.98. The minimum atomic E-state index is 0.0875.